The first-order valence-corrected chi connectivity index (χ1v) is 8.52. The van der Waals surface area contributed by atoms with Crippen molar-refractivity contribution in [3.05, 3.63) is 61.0 Å². The molecule has 2 aromatic carbocycles. The van der Waals surface area contributed by atoms with Gasteiger partial charge in [0.1, 0.15) is 0 Å². The van der Waals surface area contributed by atoms with Gasteiger partial charge in [-0.15, -0.1) is 0 Å². The first kappa shape index (κ1) is 16.2. The standard InChI is InChI=1S/C15H13Br2Cl2N/c1-2-14(11-5-4-10(18)8-13(11)19)20-15-6-3-9(16)7-12(15)17/h3-8,14,20H,2H2,1H3. The second-order valence-corrected chi connectivity index (χ2v) is 7.01. The van der Waals surface area contributed by atoms with Crippen molar-refractivity contribution < 1.29 is 0 Å². The number of benzene rings is 2. The van der Waals surface area contributed by atoms with E-state index in [2.05, 4.69) is 44.1 Å². The van der Waals surface area contributed by atoms with Crippen LogP contribution in [0.1, 0.15) is 24.9 Å². The summed E-state index contributed by atoms with van der Waals surface area (Å²) in [6.07, 6.45) is 0.920. The van der Waals surface area contributed by atoms with Crippen molar-refractivity contribution in [2.45, 2.75) is 19.4 Å². The highest BCUT2D eigenvalue weighted by Gasteiger charge is 2.14. The zero-order chi connectivity index (χ0) is 14.7. The summed E-state index contributed by atoms with van der Waals surface area (Å²) in [6, 6.07) is 11.8. The number of anilines is 1. The van der Waals surface area contributed by atoms with Crippen LogP contribution < -0.4 is 5.32 Å². The third-order valence-electron chi connectivity index (χ3n) is 3.01. The predicted molar refractivity (Wildman–Crippen MR) is 95.0 cm³/mol. The molecule has 2 aromatic rings. The average Bonchev–Trinajstić information content (AvgIpc) is 2.39. The van der Waals surface area contributed by atoms with Crippen LogP contribution in [0.4, 0.5) is 5.69 Å². The first-order chi connectivity index (χ1) is 9.51. The first-order valence-electron chi connectivity index (χ1n) is 6.17. The van der Waals surface area contributed by atoms with E-state index in [1.807, 2.05) is 30.3 Å². The largest absolute Gasteiger partial charge is 0.377 e. The Hall–Kier alpha value is -0.220. The van der Waals surface area contributed by atoms with E-state index in [0.717, 1.165) is 26.6 Å². The van der Waals surface area contributed by atoms with Gasteiger partial charge in [-0.25, -0.2) is 0 Å². The molecule has 0 heterocycles. The van der Waals surface area contributed by atoms with Crippen molar-refractivity contribution in [2.75, 3.05) is 5.32 Å². The molecule has 0 fully saturated rings. The SMILES string of the molecule is CCC(Nc1ccc(Br)cc1Br)c1ccc(Cl)cc1Cl. The maximum Gasteiger partial charge on any atom is 0.0526 e. The molecule has 1 N–H and O–H groups in total. The molecule has 0 aliphatic rings. The zero-order valence-electron chi connectivity index (χ0n) is 10.8. The highest BCUT2D eigenvalue weighted by Crippen LogP contribution is 2.33. The van der Waals surface area contributed by atoms with Crippen LogP contribution >= 0.6 is 55.1 Å². The van der Waals surface area contributed by atoms with Gasteiger partial charge in [0, 0.05) is 24.7 Å². The minimum atomic E-state index is 0.136. The molecular formula is C15H13Br2Cl2N. The molecule has 1 atom stereocenters. The molecule has 0 bridgehead atoms. The molecule has 0 aliphatic heterocycles. The van der Waals surface area contributed by atoms with Crippen LogP contribution in [-0.2, 0) is 0 Å². The normalized spacial score (nSPS) is 12.2. The Kier molecular flexibility index (Phi) is 5.79. The van der Waals surface area contributed by atoms with Crippen molar-refractivity contribution in [1.82, 2.24) is 0 Å². The second kappa shape index (κ2) is 7.17. The lowest BCUT2D eigenvalue weighted by molar-refractivity contribution is 0.749. The Balaban J connectivity index is 2.28. The van der Waals surface area contributed by atoms with Crippen LogP contribution in [0.15, 0.2) is 45.3 Å². The molecule has 0 saturated heterocycles. The Morgan fingerprint density at radius 1 is 1.10 bits per heavy atom. The van der Waals surface area contributed by atoms with Gasteiger partial charge >= 0.3 is 0 Å². The smallest absolute Gasteiger partial charge is 0.0526 e. The monoisotopic (exact) mass is 435 g/mol. The lowest BCUT2D eigenvalue weighted by Gasteiger charge is -2.21. The highest BCUT2D eigenvalue weighted by atomic mass is 79.9. The fraction of sp³-hybridized carbons (Fsp3) is 0.200. The molecule has 2 rings (SSSR count). The van der Waals surface area contributed by atoms with E-state index >= 15 is 0 Å². The van der Waals surface area contributed by atoms with Crippen molar-refractivity contribution >= 4 is 60.7 Å². The zero-order valence-corrected chi connectivity index (χ0v) is 15.4. The molecule has 0 spiro atoms. The summed E-state index contributed by atoms with van der Waals surface area (Å²) in [5, 5.41) is 4.84. The Morgan fingerprint density at radius 3 is 2.45 bits per heavy atom. The molecule has 0 amide bonds. The fourth-order valence-electron chi connectivity index (χ4n) is 1.98. The van der Waals surface area contributed by atoms with E-state index in [0.29, 0.717) is 10.0 Å². The van der Waals surface area contributed by atoms with Gasteiger partial charge in [0.2, 0.25) is 0 Å². The van der Waals surface area contributed by atoms with Gasteiger partial charge in [-0.1, -0.05) is 52.1 Å². The van der Waals surface area contributed by atoms with E-state index < -0.39 is 0 Å². The Labute approximate surface area is 145 Å². The van der Waals surface area contributed by atoms with Gasteiger partial charge in [0.05, 0.1) is 6.04 Å². The predicted octanol–water partition coefficient (Wildman–Crippen LogP) is 7.08. The lowest BCUT2D eigenvalue weighted by Crippen LogP contribution is -2.10. The maximum absolute atomic E-state index is 6.29. The van der Waals surface area contributed by atoms with Gasteiger partial charge in [0.25, 0.3) is 0 Å². The summed E-state index contributed by atoms with van der Waals surface area (Å²) in [5.74, 6) is 0. The lowest BCUT2D eigenvalue weighted by atomic mass is 10.0. The topological polar surface area (TPSA) is 12.0 Å². The van der Waals surface area contributed by atoms with Gasteiger partial charge in [-0.3, -0.25) is 0 Å². The average molecular weight is 438 g/mol. The minimum Gasteiger partial charge on any atom is -0.377 e. The molecule has 0 aromatic heterocycles. The summed E-state index contributed by atoms with van der Waals surface area (Å²) in [7, 11) is 0. The van der Waals surface area contributed by atoms with Gasteiger partial charge in [0.15, 0.2) is 0 Å². The fourth-order valence-corrected chi connectivity index (χ4v) is 3.68. The number of hydrogen-bond acceptors (Lipinski definition) is 1. The van der Waals surface area contributed by atoms with Crippen LogP contribution in [0, 0.1) is 0 Å². The van der Waals surface area contributed by atoms with E-state index in [-0.39, 0.29) is 6.04 Å². The molecule has 106 valence electrons. The summed E-state index contributed by atoms with van der Waals surface area (Å²) >= 11 is 19.3. The third kappa shape index (κ3) is 3.91. The minimum absolute atomic E-state index is 0.136. The van der Waals surface area contributed by atoms with E-state index in [9.17, 15) is 0 Å². The van der Waals surface area contributed by atoms with Gasteiger partial charge < -0.3 is 5.32 Å². The highest BCUT2D eigenvalue weighted by molar-refractivity contribution is 9.11. The summed E-state index contributed by atoms with van der Waals surface area (Å²) in [4.78, 5) is 0. The molecule has 0 aliphatic carbocycles. The maximum atomic E-state index is 6.29. The van der Waals surface area contributed by atoms with Gasteiger partial charge in [-0.2, -0.15) is 0 Å². The van der Waals surface area contributed by atoms with Crippen LogP contribution in [0.2, 0.25) is 10.0 Å². The third-order valence-corrected chi connectivity index (χ3v) is 4.72. The molecular weight excluding hydrogens is 425 g/mol. The molecule has 1 nitrogen and oxygen atoms in total. The van der Waals surface area contributed by atoms with Crippen molar-refractivity contribution in [2.24, 2.45) is 0 Å². The van der Waals surface area contributed by atoms with Crippen LogP contribution in [0.25, 0.3) is 0 Å². The summed E-state index contributed by atoms with van der Waals surface area (Å²) in [6.45, 7) is 2.12. The molecule has 0 radical (unpaired) electrons. The number of rotatable bonds is 4. The quantitative estimate of drug-likeness (QED) is 0.538. The Morgan fingerprint density at radius 2 is 1.85 bits per heavy atom. The van der Waals surface area contributed by atoms with E-state index in [1.165, 1.54) is 0 Å². The molecule has 0 saturated carbocycles. The van der Waals surface area contributed by atoms with Crippen molar-refractivity contribution in [3.63, 3.8) is 0 Å². The van der Waals surface area contributed by atoms with E-state index in [1.54, 1.807) is 6.07 Å². The van der Waals surface area contributed by atoms with Crippen molar-refractivity contribution in [1.29, 1.82) is 0 Å². The van der Waals surface area contributed by atoms with Crippen LogP contribution in [-0.4, -0.2) is 0 Å². The Bertz CT molecular complexity index is 617. The van der Waals surface area contributed by atoms with Crippen LogP contribution in [0.3, 0.4) is 0 Å². The number of halogens is 4. The van der Waals surface area contributed by atoms with Crippen molar-refractivity contribution in [3.8, 4) is 0 Å². The van der Waals surface area contributed by atoms with E-state index in [4.69, 9.17) is 23.2 Å². The number of hydrogen-bond donors (Lipinski definition) is 1. The summed E-state index contributed by atoms with van der Waals surface area (Å²) in [5.41, 5.74) is 2.08. The summed E-state index contributed by atoms with van der Waals surface area (Å²) < 4.78 is 2.04. The second-order valence-electron chi connectivity index (χ2n) is 4.40. The molecule has 1 unspecified atom stereocenters. The van der Waals surface area contributed by atoms with Gasteiger partial charge in [-0.05, 0) is 58.2 Å². The number of nitrogens with one attached hydrogen (secondary N) is 1. The van der Waals surface area contributed by atoms with Crippen LogP contribution in [0.5, 0.6) is 0 Å². The molecule has 20 heavy (non-hydrogen) atoms. The molecule has 5 heteroatoms.